The van der Waals surface area contributed by atoms with Crippen molar-refractivity contribution in [1.29, 1.82) is 0 Å². The first-order chi connectivity index (χ1) is 10.3. The maximum Gasteiger partial charge on any atom is 0.308 e. The van der Waals surface area contributed by atoms with Crippen LogP contribution in [0.1, 0.15) is 30.0 Å². The number of carbonyl (C=O) groups is 1. The van der Waals surface area contributed by atoms with Gasteiger partial charge in [-0.05, 0) is 37.6 Å². The molecule has 0 aliphatic carbocycles. The Labute approximate surface area is 125 Å². The number of pyridine rings is 1. The van der Waals surface area contributed by atoms with Gasteiger partial charge in [0.1, 0.15) is 0 Å². The summed E-state index contributed by atoms with van der Waals surface area (Å²) in [5.74, 6) is 0.613. The lowest BCUT2D eigenvalue weighted by Gasteiger charge is -2.30. The van der Waals surface area contributed by atoms with Gasteiger partial charge in [-0.3, -0.25) is 14.7 Å². The van der Waals surface area contributed by atoms with E-state index in [0.29, 0.717) is 5.92 Å². The maximum atomic E-state index is 11.5. The van der Waals surface area contributed by atoms with Crippen LogP contribution in [0.3, 0.4) is 0 Å². The van der Waals surface area contributed by atoms with Crippen LogP contribution >= 0.6 is 0 Å². The van der Waals surface area contributed by atoms with Gasteiger partial charge in [-0.2, -0.15) is 0 Å². The minimum Gasteiger partial charge on any atom is -0.469 e. The number of hydrogen-bond acceptors (Lipinski definition) is 5. The van der Waals surface area contributed by atoms with Crippen molar-refractivity contribution >= 4 is 5.97 Å². The number of likely N-dealkylation sites (tertiary alicyclic amines) is 1. The Morgan fingerprint density at radius 2 is 2.14 bits per heavy atom. The number of carbonyl (C=O) groups excluding carboxylic acids is 1. The fourth-order valence-corrected chi connectivity index (χ4v) is 3.02. The molecule has 5 heteroatoms. The highest BCUT2D eigenvalue weighted by Gasteiger charge is 2.25. The predicted octanol–water partition coefficient (Wildman–Crippen LogP) is 1.15. The minimum absolute atomic E-state index is 0.0604. The van der Waals surface area contributed by atoms with Crippen molar-refractivity contribution in [2.24, 2.45) is 5.92 Å². The van der Waals surface area contributed by atoms with E-state index in [4.69, 9.17) is 4.74 Å². The normalized spacial score (nSPS) is 21.0. The Morgan fingerprint density at radius 1 is 1.38 bits per heavy atom. The van der Waals surface area contributed by atoms with Crippen LogP contribution in [0.5, 0.6) is 0 Å². The zero-order valence-corrected chi connectivity index (χ0v) is 12.5. The lowest BCUT2D eigenvalue weighted by atomic mass is 9.96. The van der Waals surface area contributed by atoms with Crippen molar-refractivity contribution in [3.63, 3.8) is 0 Å². The summed E-state index contributed by atoms with van der Waals surface area (Å²) in [5.41, 5.74) is 2.45. The van der Waals surface area contributed by atoms with E-state index in [1.54, 1.807) is 0 Å². The lowest BCUT2D eigenvalue weighted by molar-refractivity contribution is -0.147. The first-order valence-corrected chi connectivity index (χ1v) is 7.72. The van der Waals surface area contributed by atoms with Gasteiger partial charge in [-0.25, -0.2) is 0 Å². The fourth-order valence-electron chi connectivity index (χ4n) is 3.02. The van der Waals surface area contributed by atoms with Crippen molar-refractivity contribution < 1.29 is 9.53 Å². The van der Waals surface area contributed by atoms with Gasteiger partial charge in [0.2, 0.25) is 0 Å². The molecular weight excluding hydrogens is 266 g/mol. The highest BCUT2D eigenvalue weighted by Crippen LogP contribution is 2.21. The van der Waals surface area contributed by atoms with Crippen LogP contribution in [0.25, 0.3) is 0 Å². The summed E-state index contributed by atoms with van der Waals surface area (Å²) in [7, 11) is 1.47. The molecule has 3 heterocycles. The van der Waals surface area contributed by atoms with Gasteiger partial charge in [-0.1, -0.05) is 6.07 Å². The third-order valence-corrected chi connectivity index (χ3v) is 4.58. The molecule has 0 atom stereocenters. The third kappa shape index (κ3) is 3.41. The quantitative estimate of drug-likeness (QED) is 0.843. The monoisotopic (exact) mass is 289 g/mol. The largest absolute Gasteiger partial charge is 0.469 e. The summed E-state index contributed by atoms with van der Waals surface area (Å²) in [6.45, 7) is 4.92. The molecule has 2 aliphatic rings. The maximum absolute atomic E-state index is 11.5. The average Bonchev–Trinajstić information content (AvgIpc) is 2.47. The molecule has 1 aromatic rings. The molecule has 114 valence electrons. The van der Waals surface area contributed by atoms with E-state index in [1.165, 1.54) is 18.4 Å². The number of esters is 1. The second-order valence-electron chi connectivity index (χ2n) is 6.02. The molecule has 1 N–H and O–H groups in total. The molecule has 0 saturated carbocycles. The van der Waals surface area contributed by atoms with Crippen LogP contribution in [0.2, 0.25) is 0 Å². The summed E-state index contributed by atoms with van der Waals surface area (Å²) in [6, 6.07) is 4.34. The van der Waals surface area contributed by atoms with Crippen molar-refractivity contribution in [3.8, 4) is 0 Å². The predicted molar refractivity (Wildman–Crippen MR) is 79.9 cm³/mol. The van der Waals surface area contributed by atoms with Gasteiger partial charge in [0.15, 0.2) is 0 Å². The molecule has 2 saturated heterocycles. The standard InChI is InChI=1S/C16H23N3O2/c1-21-16(20)13-4-6-19(7-5-13)11-12-2-3-15(18-8-12)14-9-17-10-14/h2-3,8,13-14,17H,4-7,9-11H2,1H3. The third-order valence-electron chi connectivity index (χ3n) is 4.58. The minimum atomic E-state index is -0.0604. The second-order valence-corrected chi connectivity index (χ2v) is 6.02. The molecule has 5 nitrogen and oxygen atoms in total. The van der Waals surface area contributed by atoms with Crippen molar-refractivity contribution in [2.75, 3.05) is 33.3 Å². The molecule has 2 fully saturated rings. The van der Waals surface area contributed by atoms with E-state index < -0.39 is 0 Å². The van der Waals surface area contributed by atoms with E-state index in [-0.39, 0.29) is 11.9 Å². The summed E-state index contributed by atoms with van der Waals surface area (Å²) < 4.78 is 4.82. The van der Waals surface area contributed by atoms with Gasteiger partial charge in [-0.15, -0.1) is 0 Å². The number of aromatic nitrogens is 1. The molecule has 0 unspecified atom stereocenters. The van der Waals surface area contributed by atoms with Crippen LogP contribution in [-0.4, -0.2) is 49.1 Å². The van der Waals surface area contributed by atoms with Gasteiger partial charge < -0.3 is 10.1 Å². The molecule has 0 aromatic carbocycles. The number of nitrogens with zero attached hydrogens (tertiary/aromatic N) is 2. The summed E-state index contributed by atoms with van der Waals surface area (Å²) >= 11 is 0. The number of nitrogens with one attached hydrogen (secondary N) is 1. The SMILES string of the molecule is COC(=O)C1CCN(Cc2ccc(C3CNC3)nc2)CC1. The zero-order chi connectivity index (χ0) is 14.7. The van der Waals surface area contributed by atoms with Crippen LogP contribution < -0.4 is 5.32 Å². The summed E-state index contributed by atoms with van der Waals surface area (Å²) in [4.78, 5) is 18.5. The van der Waals surface area contributed by atoms with Gasteiger partial charge in [0.25, 0.3) is 0 Å². The Balaban J connectivity index is 1.49. The van der Waals surface area contributed by atoms with E-state index in [2.05, 4.69) is 27.3 Å². The first-order valence-electron chi connectivity index (χ1n) is 7.72. The molecule has 3 rings (SSSR count). The van der Waals surface area contributed by atoms with Crippen LogP contribution in [0.15, 0.2) is 18.3 Å². The van der Waals surface area contributed by atoms with E-state index >= 15 is 0 Å². The smallest absolute Gasteiger partial charge is 0.308 e. The second kappa shape index (κ2) is 6.54. The lowest BCUT2D eigenvalue weighted by Crippen LogP contribution is -2.40. The van der Waals surface area contributed by atoms with Crippen LogP contribution in [0, 0.1) is 5.92 Å². The van der Waals surface area contributed by atoms with Crippen molar-refractivity contribution in [1.82, 2.24) is 15.2 Å². The van der Waals surface area contributed by atoms with Crippen molar-refractivity contribution in [3.05, 3.63) is 29.6 Å². The molecule has 0 bridgehead atoms. The molecule has 2 aliphatic heterocycles. The first kappa shape index (κ1) is 14.5. The van der Waals surface area contributed by atoms with Gasteiger partial charge >= 0.3 is 5.97 Å². The molecule has 21 heavy (non-hydrogen) atoms. The van der Waals surface area contributed by atoms with E-state index in [9.17, 15) is 4.79 Å². The Kier molecular flexibility index (Phi) is 4.51. The molecule has 0 spiro atoms. The molecular formula is C16H23N3O2. The fraction of sp³-hybridized carbons (Fsp3) is 0.625. The highest BCUT2D eigenvalue weighted by molar-refractivity contribution is 5.72. The van der Waals surface area contributed by atoms with Crippen molar-refractivity contribution in [2.45, 2.75) is 25.3 Å². The van der Waals surface area contributed by atoms with Crippen LogP contribution in [-0.2, 0) is 16.1 Å². The van der Waals surface area contributed by atoms with Crippen LogP contribution in [0.4, 0.5) is 0 Å². The highest BCUT2D eigenvalue weighted by atomic mass is 16.5. The number of methoxy groups -OCH3 is 1. The molecule has 1 aromatic heterocycles. The van der Waals surface area contributed by atoms with E-state index in [1.807, 2.05) is 6.20 Å². The zero-order valence-electron chi connectivity index (χ0n) is 12.5. The Morgan fingerprint density at radius 3 is 2.67 bits per heavy atom. The topological polar surface area (TPSA) is 54.5 Å². The number of rotatable bonds is 4. The molecule has 0 amide bonds. The molecule has 0 radical (unpaired) electrons. The van der Waals surface area contributed by atoms with E-state index in [0.717, 1.165) is 45.6 Å². The average molecular weight is 289 g/mol. The number of ether oxygens (including phenoxy) is 1. The Bertz CT molecular complexity index is 477. The number of piperidine rings is 1. The summed E-state index contributed by atoms with van der Waals surface area (Å²) in [6.07, 6.45) is 3.79. The van der Waals surface area contributed by atoms with Gasteiger partial charge in [0, 0.05) is 37.4 Å². The number of hydrogen-bond donors (Lipinski definition) is 1. The Hall–Kier alpha value is -1.46. The van der Waals surface area contributed by atoms with Gasteiger partial charge in [0.05, 0.1) is 13.0 Å². The summed E-state index contributed by atoms with van der Waals surface area (Å²) in [5, 5.41) is 3.27.